The number of hydrogen-bond acceptors (Lipinski definition) is 4. The van der Waals surface area contributed by atoms with E-state index < -0.39 is 11.8 Å². The van der Waals surface area contributed by atoms with Gasteiger partial charge in [0.15, 0.2) is 0 Å². The van der Waals surface area contributed by atoms with Gasteiger partial charge in [-0.1, -0.05) is 0 Å². The zero-order valence-corrected chi connectivity index (χ0v) is 7.46. The highest BCUT2D eigenvalue weighted by Gasteiger charge is 2.18. The molecular weight excluding hydrogens is 176 g/mol. The average molecular weight is 188 g/mol. The van der Waals surface area contributed by atoms with E-state index in [2.05, 4.69) is 5.32 Å². The number of amides is 3. The molecule has 0 aromatic heterocycles. The van der Waals surface area contributed by atoms with Crippen LogP contribution in [0, 0.1) is 0 Å². The van der Waals surface area contributed by atoms with Crippen molar-refractivity contribution in [1.82, 2.24) is 15.6 Å². The molecule has 0 unspecified atom stereocenters. The highest BCUT2D eigenvalue weighted by Crippen LogP contribution is 1.83. The van der Waals surface area contributed by atoms with E-state index in [1.54, 1.807) is 5.43 Å². The molecule has 0 radical (unpaired) electrons. The molecule has 74 valence electrons. The Morgan fingerprint density at radius 1 is 1.38 bits per heavy atom. The standard InChI is InChI=1S/C6H12N4O3/c1-8-4(11)3-10(2)6(13)5(12)9-7/h3,7H2,1-2H3,(H,8,11)(H,9,12). The Labute approximate surface area is 75.2 Å². The van der Waals surface area contributed by atoms with Crippen molar-refractivity contribution in [2.24, 2.45) is 5.84 Å². The first-order valence-corrected chi connectivity index (χ1v) is 3.49. The van der Waals surface area contributed by atoms with Gasteiger partial charge in [-0.05, 0) is 0 Å². The summed E-state index contributed by atoms with van der Waals surface area (Å²) in [5.41, 5.74) is 1.68. The summed E-state index contributed by atoms with van der Waals surface area (Å²) >= 11 is 0. The van der Waals surface area contributed by atoms with Crippen LogP contribution in [0.2, 0.25) is 0 Å². The third-order valence-electron chi connectivity index (χ3n) is 1.33. The lowest BCUT2D eigenvalue weighted by Crippen LogP contribution is -2.46. The molecule has 0 saturated heterocycles. The summed E-state index contributed by atoms with van der Waals surface area (Å²) in [5, 5.41) is 2.31. The van der Waals surface area contributed by atoms with Crippen molar-refractivity contribution in [3.05, 3.63) is 0 Å². The molecule has 0 saturated carbocycles. The van der Waals surface area contributed by atoms with Crippen LogP contribution in [0.15, 0.2) is 0 Å². The first-order valence-electron chi connectivity index (χ1n) is 3.49. The van der Waals surface area contributed by atoms with Gasteiger partial charge < -0.3 is 10.2 Å². The van der Waals surface area contributed by atoms with Crippen LogP contribution >= 0.6 is 0 Å². The van der Waals surface area contributed by atoms with E-state index >= 15 is 0 Å². The van der Waals surface area contributed by atoms with Gasteiger partial charge in [0.2, 0.25) is 5.91 Å². The number of carbonyl (C=O) groups is 3. The summed E-state index contributed by atoms with van der Waals surface area (Å²) in [4.78, 5) is 33.4. The van der Waals surface area contributed by atoms with Crippen LogP contribution in [0.25, 0.3) is 0 Å². The maximum Gasteiger partial charge on any atom is 0.323 e. The third-order valence-corrected chi connectivity index (χ3v) is 1.33. The van der Waals surface area contributed by atoms with Gasteiger partial charge in [-0.25, -0.2) is 5.84 Å². The average Bonchev–Trinajstić information content (AvgIpc) is 2.14. The van der Waals surface area contributed by atoms with Crippen molar-refractivity contribution < 1.29 is 14.4 Å². The zero-order valence-electron chi connectivity index (χ0n) is 7.46. The van der Waals surface area contributed by atoms with Crippen molar-refractivity contribution in [1.29, 1.82) is 0 Å². The van der Waals surface area contributed by atoms with Gasteiger partial charge in [-0.2, -0.15) is 0 Å². The first-order chi connectivity index (χ1) is 6.02. The SMILES string of the molecule is CNC(=O)CN(C)C(=O)C(=O)NN. The monoisotopic (exact) mass is 188 g/mol. The highest BCUT2D eigenvalue weighted by atomic mass is 16.2. The summed E-state index contributed by atoms with van der Waals surface area (Å²) in [7, 11) is 2.76. The van der Waals surface area contributed by atoms with Crippen LogP contribution in [0.1, 0.15) is 0 Å². The Kier molecular flexibility index (Phi) is 4.45. The maximum absolute atomic E-state index is 11.0. The predicted molar refractivity (Wildman–Crippen MR) is 44.0 cm³/mol. The van der Waals surface area contributed by atoms with Crippen molar-refractivity contribution in [2.75, 3.05) is 20.6 Å². The second-order valence-electron chi connectivity index (χ2n) is 2.31. The van der Waals surface area contributed by atoms with Crippen molar-refractivity contribution >= 4 is 17.7 Å². The van der Waals surface area contributed by atoms with Crippen LogP contribution in [-0.4, -0.2) is 43.3 Å². The Morgan fingerprint density at radius 2 is 1.92 bits per heavy atom. The molecule has 0 aliphatic rings. The largest absolute Gasteiger partial charge is 0.358 e. The normalized spacial score (nSPS) is 8.85. The molecule has 0 aromatic carbocycles. The van der Waals surface area contributed by atoms with E-state index in [0.717, 1.165) is 4.90 Å². The third kappa shape index (κ3) is 3.52. The van der Waals surface area contributed by atoms with Crippen molar-refractivity contribution in [3.63, 3.8) is 0 Å². The number of nitrogens with zero attached hydrogens (tertiary/aromatic N) is 1. The Balaban J connectivity index is 4.11. The minimum Gasteiger partial charge on any atom is -0.358 e. The van der Waals surface area contributed by atoms with E-state index in [0.29, 0.717) is 0 Å². The summed E-state index contributed by atoms with van der Waals surface area (Å²) in [5.74, 6) is 2.56. The first kappa shape index (κ1) is 11.4. The summed E-state index contributed by atoms with van der Waals surface area (Å²) in [6, 6.07) is 0. The van der Waals surface area contributed by atoms with Gasteiger partial charge in [0.05, 0.1) is 6.54 Å². The number of hydrazine groups is 1. The minimum atomic E-state index is -0.952. The number of nitrogens with one attached hydrogen (secondary N) is 2. The molecule has 0 spiro atoms. The Bertz CT molecular complexity index is 228. The van der Waals surface area contributed by atoms with E-state index in [1.165, 1.54) is 14.1 Å². The molecule has 0 atom stereocenters. The summed E-state index contributed by atoms with van der Waals surface area (Å²) in [6.45, 7) is -0.178. The molecule has 0 bridgehead atoms. The van der Waals surface area contributed by atoms with Crippen molar-refractivity contribution in [3.8, 4) is 0 Å². The molecule has 0 rings (SSSR count). The van der Waals surface area contributed by atoms with Gasteiger partial charge >= 0.3 is 11.8 Å². The molecule has 7 heteroatoms. The smallest absolute Gasteiger partial charge is 0.323 e. The number of rotatable bonds is 2. The summed E-state index contributed by atoms with van der Waals surface area (Å²) in [6.07, 6.45) is 0. The van der Waals surface area contributed by atoms with Gasteiger partial charge in [-0.15, -0.1) is 0 Å². The number of hydrogen-bond donors (Lipinski definition) is 3. The number of carbonyl (C=O) groups excluding carboxylic acids is 3. The van der Waals surface area contributed by atoms with Gasteiger partial charge in [0.1, 0.15) is 0 Å². The van der Waals surface area contributed by atoms with E-state index in [9.17, 15) is 14.4 Å². The molecule has 0 fully saturated rings. The second-order valence-corrected chi connectivity index (χ2v) is 2.31. The number of likely N-dealkylation sites (N-methyl/N-ethyl adjacent to an activating group) is 2. The molecular formula is C6H12N4O3. The van der Waals surface area contributed by atoms with Crippen LogP contribution in [0.3, 0.4) is 0 Å². The minimum absolute atomic E-state index is 0.178. The molecule has 0 aliphatic heterocycles. The lowest BCUT2D eigenvalue weighted by molar-refractivity contribution is -0.146. The summed E-state index contributed by atoms with van der Waals surface area (Å²) < 4.78 is 0. The molecule has 0 heterocycles. The fraction of sp³-hybridized carbons (Fsp3) is 0.500. The fourth-order valence-electron chi connectivity index (χ4n) is 0.601. The molecule has 0 aliphatic carbocycles. The molecule has 7 nitrogen and oxygen atoms in total. The molecule has 13 heavy (non-hydrogen) atoms. The fourth-order valence-corrected chi connectivity index (χ4v) is 0.601. The topological polar surface area (TPSA) is 105 Å². The maximum atomic E-state index is 11.0. The molecule has 3 amide bonds. The van der Waals surface area contributed by atoms with Crippen LogP contribution < -0.4 is 16.6 Å². The number of nitrogens with two attached hydrogens (primary N) is 1. The highest BCUT2D eigenvalue weighted by molar-refractivity contribution is 6.35. The van der Waals surface area contributed by atoms with E-state index in [1.807, 2.05) is 0 Å². The Hall–Kier alpha value is -1.63. The lowest BCUT2D eigenvalue weighted by Gasteiger charge is -2.14. The van der Waals surface area contributed by atoms with Crippen LogP contribution in [0.4, 0.5) is 0 Å². The molecule has 0 aromatic rings. The Morgan fingerprint density at radius 3 is 2.31 bits per heavy atom. The van der Waals surface area contributed by atoms with Crippen LogP contribution in [-0.2, 0) is 14.4 Å². The zero-order chi connectivity index (χ0) is 10.4. The van der Waals surface area contributed by atoms with Gasteiger partial charge in [0.25, 0.3) is 0 Å². The lowest BCUT2D eigenvalue weighted by atomic mass is 10.4. The van der Waals surface area contributed by atoms with E-state index in [4.69, 9.17) is 5.84 Å². The van der Waals surface area contributed by atoms with Gasteiger partial charge in [-0.3, -0.25) is 19.8 Å². The quantitative estimate of drug-likeness (QED) is 0.188. The second kappa shape index (κ2) is 5.09. The predicted octanol–water partition coefficient (Wildman–Crippen LogP) is -2.82. The van der Waals surface area contributed by atoms with Crippen molar-refractivity contribution in [2.45, 2.75) is 0 Å². The van der Waals surface area contributed by atoms with Gasteiger partial charge in [0, 0.05) is 14.1 Å². The van der Waals surface area contributed by atoms with E-state index in [-0.39, 0.29) is 12.5 Å². The molecule has 4 N–H and O–H groups in total. The van der Waals surface area contributed by atoms with Crippen LogP contribution in [0.5, 0.6) is 0 Å².